The van der Waals surface area contributed by atoms with Crippen molar-refractivity contribution in [3.63, 3.8) is 0 Å². The molecule has 0 aromatic carbocycles. The van der Waals surface area contributed by atoms with Crippen molar-refractivity contribution in [1.29, 1.82) is 0 Å². The monoisotopic (exact) mass is 268 g/mol. The van der Waals surface area contributed by atoms with E-state index in [4.69, 9.17) is 10.5 Å². The van der Waals surface area contributed by atoms with Crippen molar-refractivity contribution in [1.82, 2.24) is 4.90 Å². The third kappa shape index (κ3) is 4.10. The summed E-state index contributed by atoms with van der Waals surface area (Å²) in [6.45, 7) is 5.26. The molecule has 1 rings (SSSR count). The summed E-state index contributed by atoms with van der Waals surface area (Å²) in [7, 11) is 1.59. The first-order chi connectivity index (χ1) is 8.16. The van der Waals surface area contributed by atoms with Gasteiger partial charge in [0, 0.05) is 19.7 Å². The van der Waals surface area contributed by atoms with Gasteiger partial charge in [-0.25, -0.2) is 0 Å². The normalized spacial score (nSPS) is 22.2. The Bertz CT molecular complexity index is 261. The van der Waals surface area contributed by atoms with E-state index in [1.54, 1.807) is 7.11 Å². The van der Waals surface area contributed by atoms with E-state index < -0.39 is 17.7 Å². The second-order valence-electron chi connectivity index (χ2n) is 5.53. The van der Waals surface area contributed by atoms with Crippen LogP contribution in [0.1, 0.15) is 26.7 Å². The zero-order valence-corrected chi connectivity index (χ0v) is 11.3. The lowest BCUT2D eigenvalue weighted by Gasteiger charge is -2.38. The van der Waals surface area contributed by atoms with Crippen molar-refractivity contribution >= 4 is 0 Å². The van der Waals surface area contributed by atoms with E-state index in [-0.39, 0.29) is 18.9 Å². The lowest BCUT2D eigenvalue weighted by molar-refractivity contribution is -0.185. The SMILES string of the molecule is COC(C)(C)C(N)CN1CCC(C(F)(F)F)CC1. The summed E-state index contributed by atoms with van der Waals surface area (Å²) in [5.41, 5.74) is 5.57. The Hall–Kier alpha value is -0.330. The van der Waals surface area contributed by atoms with Gasteiger partial charge in [-0.2, -0.15) is 13.2 Å². The Morgan fingerprint density at radius 2 is 1.78 bits per heavy atom. The molecule has 0 radical (unpaired) electrons. The fourth-order valence-corrected chi connectivity index (χ4v) is 2.09. The van der Waals surface area contributed by atoms with Gasteiger partial charge in [0.2, 0.25) is 0 Å². The van der Waals surface area contributed by atoms with Gasteiger partial charge >= 0.3 is 6.18 Å². The molecule has 1 unspecified atom stereocenters. The van der Waals surface area contributed by atoms with Crippen molar-refractivity contribution in [3.05, 3.63) is 0 Å². The Morgan fingerprint density at radius 1 is 1.28 bits per heavy atom. The molecule has 108 valence electrons. The Kier molecular flexibility index (Phi) is 5.03. The molecule has 0 aromatic heterocycles. The fourth-order valence-electron chi connectivity index (χ4n) is 2.09. The van der Waals surface area contributed by atoms with E-state index in [1.807, 2.05) is 18.7 Å². The fraction of sp³-hybridized carbons (Fsp3) is 1.00. The van der Waals surface area contributed by atoms with E-state index in [9.17, 15) is 13.2 Å². The molecular weight excluding hydrogens is 245 g/mol. The second-order valence-corrected chi connectivity index (χ2v) is 5.53. The van der Waals surface area contributed by atoms with Crippen LogP contribution in [0.4, 0.5) is 13.2 Å². The van der Waals surface area contributed by atoms with Gasteiger partial charge in [0.05, 0.1) is 11.5 Å². The molecule has 1 heterocycles. The molecule has 1 atom stereocenters. The van der Waals surface area contributed by atoms with Gasteiger partial charge < -0.3 is 15.4 Å². The predicted molar refractivity (Wildman–Crippen MR) is 64.3 cm³/mol. The largest absolute Gasteiger partial charge is 0.391 e. The van der Waals surface area contributed by atoms with E-state index >= 15 is 0 Å². The van der Waals surface area contributed by atoms with Crippen LogP contribution in [-0.4, -0.2) is 49.5 Å². The first kappa shape index (κ1) is 15.7. The first-order valence-corrected chi connectivity index (χ1v) is 6.26. The number of hydrogen-bond acceptors (Lipinski definition) is 3. The van der Waals surface area contributed by atoms with Crippen LogP contribution in [0.15, 0.2) is 0 Å². The van der Waals surface area contributed by atoms with Crippen molar-refractivity contribution in [2.24, 2.45) is 11.7 Å². The number of piperidine rings is 1. The smallest absolute Gasteiger partial charge is 0.377 e. The third-order valence-electron chi connectivity index (χ3n) is 3.92. The lowest BCUT2D eigenvalue weighted by atomic mass is 9.94. The van der Waals surface area contributed by atoms with Crippen LogP contribution < -0.4 is 5.73 Å². The van der Waals surface area contributed by atoms with Gasteiger partial charge in [-0.15, -0.1) is 0 Å². The van der Waals surface area contributed by atoms with E-state index in [2.05, 4.69) is 0 Å². The average Bonchev–Trinajstić information content (AvgIpc) is 2.28. The summed E-state index contributed by atoms with van der Waals surface area (Å²) >= 11 is 0. The molecule has 0 amide bonds. The van der Waals surface area contributed by atoms with Crippen LogP contribution in [0.2, 0.25) is 0 Å². The predicted octanol–water partition coefficient (Wildman–Crippen LogP) is 2.01. The average molecular weight is 268 g/mol. The second kappa shape index (κ2) is 5.75. The summed E-state index contributed by atoms with van der Waals surface area (Å²) in [5, 5.41) is 0. The van der Waals surface area contributed by atoms with E-state index in [0.717, 1.165) is 0 Å². The molecule has 3 nitrogen and oxygen atoms in total. The van der Waals surface area contributed by atoms with E-state index in [1.165, 1.54) is 0 Å². The van der Waals surface area contributed by atoms with Crippen LogP contribution in [0, 0.1) is 5.92 Å². The number of nitrogens with zero attached hydrogens (tertiary/aromatic N) is 1. The van der Waals surface area contributed by atoms with Gasteiger partial charge in [0.1, 0.15) is 0 Å². The van der Waals surface area contributed by atoms with Crippen molar-refractivity contribution in [2.45, 2.75) is 44.5 Å². The van der Waals surface area contributed by atoms with Gasteiger partial charge in [-0.05, 0) is 39.8 Å². The number of rotatable bonds is 4. The molecule has 2 N–H and O–H groups in total. The number of nitrogens with two attached hydrogens (primary N) is 1. The molecular formula is C12H23F3N2O. The van der Waals surface area contributed by atoms with Crippen molar-refractivity contribution in [2.75, 3.05) is 26.7 Å². The molecule has 18 heavy (non-hydrogen) atoms. The maximum atomic E-state index is 12.5. The third-order valence-corrected chi connectivity index (χ3v) is 3.92. The highest BCUT2D eigenvalue weighted by molar-refractivity contribution is 4.87. The minimum Gasteiger partial charge on any atom is -0.377 e. The van der Waals surface area contributed by atoms with Crippen LogP contribution in [0.5, 0.6) is 0 Å². The van der Waals surface area contributed by atoms with Crippen LogP contribution in [0.25, 0.3) is 0 Å². The summed E-state index contributed by atoms with van der Waals surface area (Å²) < 4.78 is 42.8. The van der Waals surface area contributed by atoms with Crippen molar-refractivity contribution < 1.29 is 17.9 Å². The molecule has 0 bridgehead atoms. The molecule has 1 fully saturated rings. The van der Waals surface area contributed by atoms with Gasteiger partial charge in [0.15, 0.2) is 0 Å². The summed E-state index contributed by atoms with van der Waals surface area (Å²) in [4.78, 5) is 1.99. The first-order valence-electron chi connectivity index (χ1n) is 6.26. The Labute approximate surface area is 106 Å². The van der Waals surface area contributed by atoms with Crippen LogP contribution >= 0.6 is 0 Å². The minimum absolute atomic E-state index is 0.170. The van der Waals surface area contributed by atoms with E-state index in [0.29, 0.717) is 19.6 Å². The highest BCUT2D eigenvalue weighted by atomic mass is 19.4. The van der Waals surface area contributed by atoms with Gasteiger partial charge in [-0.3, -0.25) is 0 Å². The Balaban J connectivity index is 2.41. The highest BCUT2D eigenvalue weighted by Crippen LogP contribution is 2.34. The zero-order chi connectivity index (χ0) is 14.0. The molecule has 0 spiro atoms. The minimum atomic E-state index is -4.06. The number of methoxy groups -OCH3 is 1. The number of halogens is 3. The molecule has 1 aliphatic heterocycles. The molecule has 6 heteroatoms. The highest BCUT2D eigenvalue weighted by Gasteiger charge is 2.41. The number of alkyl halides is 3. The Morgan fingerprint density at radius 3 is 2.17 bits per heavy atom. The topological polar surface area (TPSA) is 38.5 Å². The van der Waals surface area contributed by atoms with Crippen LogP contribution in [0.3, 0.4) is 0 Å². The lowest BCUT2D eigenvalue weighted by Crippen LogP contribution is -2.53. The van der Waals surface area contributed by atoms with Gasteiger partial charge in [-0.1, -0.05) is 0 Å². The van der Waals surface area contributed by atoms with Crippen molar-refractivity contribution in [3.8, 4) is 0 Å². The molecule has 0 aromatic rings. The van der Waals surface area contributed by atoms with Crippen LogP contribution in [-0.2, 0) is 4.74 Å². The number of ether oxygens (including phenoxy) is 1. The molecule has 1 aliphatic rings. The maximum Gasteiger partial charge on any atom is 0.391 e. The maximum absolute atomic E-state index is 12.5. The number of likely N-dealkylation sites (tertiary alicyclic amines) is 1. The zero-order valence-electron chi connectivity index (χ0n) is 11.3. The molecule has 1 saturated heterocycles. The summed E-state index contributed by atoms with van der Waals surface area (Å²) in [5.74, 6) is -1.15. The summed E-state index contributed by atoms with van der Waals surface area (Å²) in [6, 6.07) is -0.204. The van der Waals surface area contributed by atoms with Gasteiger partial charge in [0.25, 0.3) is 0 Å². The summed E-state index contributed by atoms with van der Waals surface area (Å²) in [6.07, 6.45) is -3.72. The molecule has 0 aliphatic carbocycles. The number of hydrogen-bond donors (Lipinski definition) is 1. The molecule has 0 saturated carbocycles. The quantitative estimate of drug-likeness (QED) is 0.847. The standard InChI is InChI=1S/C12H23F3N2O/c1-11(2,18-3)10(16)8-17-6-4-9(5-7-17)12(13,14)15/h9-10H,4-8,16H2,1-3H3.